The minimum Gasteiger partial charge on any atom is -0.495 e. The lowest BCUT2D eigenvalue weighted by Gasteiger charge is -2.21. The van der Waals surface area contributed by atoms with Gasteiger partial charge < -0.3 is 14.8 Å². The van der Waals surface area contributed by atoms with Crippen molar-refractivity contribution < 1.29 is 19.1 Å². The number of anilines is 1. The molecule has 0 saturated carbocycles. The van der Waals surface area contributed by atoms with Crippen LogP contribution >= 0.6 is 0 Å². The van der Waals surface area contributed by atoms with Gasteiger partial charge in [-0.25, -0.2) is 4.79 Å². The molecule has 22 heavy (non-hydrogen) atoms. The first kappa shape index (κ1) is 17.8. The van der Waals surface area contributed by atoms with Gasteiger partial charge in [0.05, 0.1) is 12.8 Å². The van der Waals surface area contributed by atoms with Gasteiger partial charge in [0.2, 0.25) is 5.91 Å². The molecule has 0 aliphatic rings. The van der Waals surface area contributed by atoms with Crippen molar-refractivity contribution in [3.63, 3.8) is 0 Å². The number of amides is 2. The Morgan fingerprint density at radius 3 is 2.45 bits per heavy atom. The number of carbonyl (C=O) groups is 2. The smallest absolute Gasteiger partial charge is 0.412 e. The Labute approximate surface area is 131 Å². The lowest BCUT2D eigenvalue weighted by atomic mass is 10.1. The summed E-state index contributed by atoms with van der Waals surface area (Å²) in [6, 6.07) is 5.34. The zero-order valence-electron chi connectivity index (χ0n) is 13.8. The second-order valence-corrected chi connectivity index (χ2v) is 5.75. The zero-order valence-corrected chi connectivity index (χ0v) is 13.8. The van der Waals surface area contributed by atoms with E-state index in [0.29, 0.717) is 24.4 Å². The number of ether oxygens (including phenoxy) is 2. The Morgan fingerprint density at radius 1 is 1.23 bits per heavy atom. The van der Waals surface area contributed by atoms with Gasteiger partial charge in [0, 0.05) is 13.0 Å². The van der Waals surface area contributed by atoms with Crippen LogP contribution in [0.3, 0.4) is 0 Å². The summed E-state index contributed by atoms with van der Waals surface area (Å²) in [5, 5.41) is 5.47. The summed E-state index contributed by atoms with van der Waals surface area (Å²) in [6.45, 7) is 7.45. The molecule has 6 heteroatoms. The number of benzene rings is 1. The first-order valence-corrected chi connectivity index (χ1v) is 7.19. The Hall–Kier alpha value is -2.24. The molecule has 0 fully saturated rings. The first-order chi connectivity index (χ1) is 10.3. The standard InChI is InChI=1S/C16H24N2O4/c1-6-13(19)17-10-11-8-7-9-12(21-5)14(11)18-15(20)22-16(2,3)4/h7-9H,6,10H2,1-5H3,(H,17,19)(H,18,20). The van der Waals surface area contributed by atoms with Crippen LogP contribution in [0.5, 0.6) is 5.75 Å². The van der Waals surface area contributed by atoms with E-state index in [1.165, 1.54) is 7.11 Å². The van der Waals surface area contributed by atoms with E-state index in [2.05, 4.69) is 10.6 Å². The molecule has 0 atom stereocenters. The Bertz CT molecular complexity index is 535. The van der Waals surface area contributed by atoms with Gasteiger partial charge in [-0.3, -0.25) is 10.1 Å². The van der Waals surface area contributed by atoms with Crippen molar-refractivity contribution >= 4 is 17.7 Å². The predicted molar refractivity (Wildman–Crippen MR) is 85.0 cm³/mol. The lowest BCUT2D eigenvalue weighted by molar-refractivity contribution is -0.120. The van der Waals surface area contributed by atoms with Crippen molar-refractivity contribution in [3.05, 3.63) is 23.8 Å². The van der Waals surface area contributed by atoms with Gasteiger partial charge in [-0.15, -0.1) is 0 Å². The number of carbonyl (C=O) groups excluding carboxylic acids is 2. The van der Waals surface area contributed by atoms with Gasteiger partial charge in [0.1, 0.15) is 11.4 Å². The highest BCUT2D eigenvalue weighted by molar-refractivity contribution is 5.88. The number of para-hydroxylation sites is 1. The van der Waals surface area contributed by atoms with Crippen molar-refractivity contribution in [2.24, 2.45) is 0 Å². The third-order valence-electron chi connectivity index (χ3n) is 2.76. The van der Waals surface area contributed by atoms with Crippen molar-refractivity contribution in [3.8, 4) is 5.75 Å². The molecule has 0 unspecified atom stereocenters. The van der Waals surface area contributed by atoms with E-state index >= 15 is 0 Å². The number of hydrogen-bond acceptors (Lipinski definition) is 4. The van der Waals surface area contributed by atoms with Gasteiger partial charge in [-0.05, 0) is 32.4 Å². The van der Waals surface area contributed by atoms with E-state index in [-0.39, 0.29) is 5.91 Å². The molecule has 0 radical (unpaired) electrons. The van der Waals surface area contributed by atoms with Gasteiger partial charge in [0.15, 0.2) is 0 Å². The van der Waals surface area contributed by atoms with Crippen LogP contribution in [0, 0.1) is 0 Å². The Kier molecular flexibility index (Phi) is 6.22. The molecule has 1 rings (SSSR count). The summed E-state index contributed by atoms with van der Waals surface area (Å²) in [5.74, 6) is 0.445. The van der Waals surface area contributed by atoms with E-state index in [1.807, 2.05) is 6.07 Å². The molecular formula is C16H24N2O4. The third-order valence-corrected chi connectivity index (χ3v) is 2.76. The first-order valence-electron chi connectivity index (χ1n) is 7.19. The highest BCUT2D eigenvalue weighted by Crippen LogP contribution is 2.29. The highest BCUT2D eigenvalue weighted by Gasteiger charge is 2.19. The van der Waals surface area contributed by atoms with Crippen molar-refractivity contribution in [2.75, 3.05) is 12.4 Å². The highest BCUT2D eigenvalue weighted by atomic mass is 16.6. The third kappa shape index (κ3) is 5.63. The molecule has 0 heterocycles. The van der Waals surface area contributed by atoms with Crippen LogP contribution in [-0.2, 0) is 16.1 Å². The molecule has 6 nitrogen and oxygen atoms in total. The molecule has 0 bridgehead atoms. The molecule has 0 saturated heterocycles. The molecule has 0 aliphatic carbocycles. The topological polar surface area (TPSA) is 76.7 Å². The van der Waals surface area contributed by atoms with E-state index < -0.39 is 11.7 Å². The maximum atomic E-state index is 12.0. The van der Waals surface area contributed by atoms with E-state index in [9.17, 15) is 9.59 Å². The number of nitrogens with one attached hydrogen (secondary N) is 2. The zero-order chi connectivity index (χ0) is 16.8. The minimum atomic E-state index is -0.595. The van der Waals surface area contributed by atoms with Crippen molar-refractivity contribution in [1.82, 2.24) is 5.32 Å². The SMILES string of the molecule is CCC(=O)NCc1cccc(OC)c1NC(=O)OC(C)(C)C. The lowest BCUT2D eigenvalue weighted by Crippen LogP contribution is -2.28. The number of methoxy groups -OCH3 is 1. The maximum absolute atomic E-state index is 12.0. The van der Waals surface area contributed by atoms with Crippen LogP contribution in [0.1, 0.15) is 39.7 Å². The summed E-state index contributed by atoms with van der Waals surface area (Å²) in [4.78, 5) is 23.4. The molecule has 122 valence electrons. The Balaban J connectivity index is 2.94. The molecule has 2 amide bonds. The Morgan fingerprint density at radius 2 is 1.91 bits per heavy atom. The fourth-order valence-electron chi connectivity index (χ4n) is 1.76. The normalized spacial score (nSPS) is 10.8. The molecule has 0 aliphatic heterocycles. The summed E-state index contributed by atoms with van der Waals surface area (Å²) in [5.41, 5.74) is 0.644. The van der Waals surface area contributed by atoms with Crippen LogP contribution in [-0.4, -0.2) is 24.7 Å². The molecule has 1 aromatic carbocycles. The second-order valence-electron chi connectivity index (χ2n) is 5.75. The minimum absolute atomic E-state index is 0.0639. The van der Waals surface area contributed by atoms with Crippen LogP contribution in [0.15, 0.2) is 18.2 Å². The number of hydrogen-bond donors (Lipinski definition) is 2. The summed E-state index contributed by atoms with van der Waals surface area (Å²) < 4.78 is 10.5. The van der Waals surface area contributed by atoms with Crippen LogP contribution in [0.4, 0.5) is 10.5 Å². The fourth-order valence-corrected chi connectivity index (χ4v) is 1.76. The van der Waals surface area contributed by atoms with Gasteiger partial charge in [-0.1, -0.05) is 19.1 Å². The number of rotatable bonds is 5. The van der Waals surface area contributed by atoms with Gasteiger partial charge in [-0.2, -0.15) is 0 Å². The van der Waals surface area contributed by atoms with Crippen LogP contribution in [0.2, 0.25) is 0 Å². The van der Waals surface area contributed by atoms with Gasteiger partial charge >= 0.3 is 6.09 Å². The van der Waals surface area contributed by atoms with Crippen molar-refractivity contribution in [2.45, 2.75) is 46.3 Å². The molecule has 0 aromatic heterocycles. The summed E-state index contributed by atoms with van der Waals surface area (Å²) >= 11 is 0. The van der Waals surface area contributed by atoms with E-state index in [0.717, 1.165) is 5.56 Å². The average Bonchev–Trinajstić information content (AvgIpc) is 2.43. The quantitative estimate of drug-likeness (QED) is 0.876. The molecular weight excluding hydrogens is 284 g/mol. The monoisotopic (exact) mass is 308 g/mol. The summed E-state index contributed by atoms with van der Waals surface area (Å²) in [6.07, 6.45) is -0.168. The van der Waals surface area contributed by atoms with Gasteiger partial charge in [0.25, 0.3) is 0 Å². The predicted octanol–water partition coefficient (Wildman–Crippen LogP) is 3.07. The van der Waals surface area contributed by atoms with Crippen molar-refractivity contribution in [1.29, 1.82) is 0 Å². The summed E-state index contributed by atoms with van der Waals surface area (Å²) in [7, 11) is 1.52. The van der Waals surface area contributed by atoms with E-state index in [1.54, 1.807) is 39.8 Å². The second kappa shape index (κ2) is 7.68. The largest absolute Gasteiger partial charge is 0.495 e. The maximum Gasteiger partial charge on any atom is 0.412 e. The van der Waals surface area contributed by atoms with Crippen LogP contribution in [0.25, 0.3) is 0 Å². The fraction of sp³-hybridized carbons (Fsp3) is 0.500. The molecule has 1 aromatic rings. The van der Waals surface area contributed by atoms with Crippen LogP contribution < -0.4 is 15.4 Å². The molecule has 0 spiro atoms. The average molecular weight is 308 g/mol. The van der Waals surface area contributed by atoms with E-state index in [4.69, 9.17) is 9.47 Å². The molecule has 2 N–H and O–H groups in total.